The Balaban J connectivity index is 1.92. The van der Waals surface area contributed by atoms with E-state index >= 15 is 0 Å². The van der Waals surface area contributed by atoms with Crippen LogP contribution < -0.4 is 14.8 Å². The van der Waals surface area contributed by atoms with Gasteiger partial charge in [0.1, 0.15) is 11.5 Å². The Bertz CT molecular complexity index is 675. The average molecular weight is 341 g/mol. The fraction of sp³-hybridized carbons (Fsp3) is 0.381. The van der Waals surface area contributed by atoms with E-state index in [-0.39, 0.29) is 5.91 Å². The van der Waals surface area contributed by atoms with E-state index in [4.69, 9.17) is 9.47 Å². The first-order valence-electron chi connectivity index (χ1n) is 8.78. The molecule has 0 radical (unpaired) electrons. The summed E-state index contributed by atoms with van der Waals surface area (Å²) < 4.78 is 11.5. The van der Waals surface area contributed by atoms with Crippen LogP contribution in [0.25, 0.3) is 0 Å². The third-order valence-electron chi connectivity index (χ3n) is 3.96. The summed E-state index contributed by atoms with van der Waals surface area (Å²) in [6.07, 6.45) is 1.55. The van der Waals surface area contributed by atoms with Gasteiger partial charge in [0.25, 0.3) is 5.91 Å². The zero-order valence-electron chi connectivity index (χ0n) is 15.5. The molecule has 25 heavy (non-hydrogen) atoms. The molecule has 4 heteroatoms. The lowest BCUT2D eigenvalue weighted by molar-refractivity contribution is -0.122. The number of carbonyl (C=O) groups is 1. The molecule has 0 bridgehead atoms. The third kappa shape index (κ3) is 5.52. The summed E-state index contributed by atoms with van der Waals surface area (Å²) in [5.41, 5.74) is 2.77. The number of amides is 1. The summed E-state index contributed by atoms with van der Waals surface area (Å²) in [4.78, 5) is 12.4. The molecule has 1 N–H and O–H groups in total. The summed E-state index contributed by atoms with van der Waals surface area (Å²) in [6.45, 7) is 8.55. The van der Waals surface area contributed by atoms with Crippen LogP contribution in [-0.4, -0.2) is 18.6 Å². The van der Waals surface area contributed by atoms with Crippen molar-refractivity contribution in [1.29, 1.82) is 0 Å². The van der Waals surface area contributed by atoms with E-state index in [1.807, 2.05) is 56.3 Å². The first-order chi connectivity index (χ1) is 12.0. The lowest BCUT2D eigenvalue weighted by Gasteiger charge is -2.18. The maximum absolute atomic E-state index is 12.4. The minimum atomic E-state index is -0.583. The molecule has 1 amide bonds. The van der Waals surface area contributed by atoms with E-state index in [1.54, 1.807) is 6.92 Å². The van der Waals surface area contributed by atoms with E-state index in [1.165, 1.54) is 0 Å². The maximum Gasteiger partial charge on any atom is 0.265 e. The topological polar surface area (TPSA) is 47.6 Å². The maximum atomic E-state index is 12.4. The van der Waals surface area contributed by atoms with Gasteiger partial charge in [-0.15, -0.1) is 0 Å². The Kier molecular flexibility index (Phi) is 6.87. The highest BCUT2D eigenvalue weighted by Gasteiger charge is 2.17. The molecule has 0 unspecified atom stereocenters. The van der Waals surface area contributed by atoms with Gasteiger partial charge in [0.15, 0.2) is 6.10 Å². The Morgan fingerprint density at radius 2 is 1.72 bits per heavy atom. The van der Waals surface area contributed by atoms with E-state index < -0.39 is 6.10 Å². The van der Waals surface area contributed by atoms with E-state index in [0.717, 1.165) is 41.2 Å². The molecule has 0 heterocycles. The first kappa shape index (κ1) is 18.8. The highest BCUT2D eigenvalue weighted by molar-refractivity contribution is 5.94. The molecular formula is C21H27NO3. The van der Waals surface area contributed by atoms with Gasteiger partial charge < -0.3 is 14.8 Å². The predicted molar refractivity (Wildman–Crippen MR) is 101 cm³/mol. The second-order valence-electron chi connectivity index (χ2n) is 6.20. The smallest absolute Gasteiger partial charge is 0.265 e. The Morgan fingerprint density at radius 3 is 2.32 bits per heavy atom. The highest BCUT2D eigenvalue weighted by Crippen LogP contribution is 2.24. The molecule has 134 valence electrons. The van der Waals surface area contributed by atoms with Crippen molar-refractivity contribution in [2.45, 2.75) is 46.6 Å². The minimum absolute atomic E-state index is 0.178. The summed E-state index contributed by atoms with van der Waals surface area (Å²) in [5.74, 6) is 1.40. The summed E-state index contributed by atoms with van der Waals surface area (Å²) >= 11 is 0. The zero-order valence-corrected chi connectivity index (χ0v) is 15.5. The van der Waals surface area contributed by atoms with E-state index in [0.29, 0.717) is 6.61 Å². The van der Waals surface area contributed by atoms with Gasteiger partial charge >= 0.3 is 0 Å². The molecule has 0 saturated heterocycles. The molecule has 0 fully saturated rings. The molecule has 0 aliphatic carbocycles. The normalized spacial score (nSPS) is 11.7. The molecule has 0 aliphatic heterocycles. The molecule has 0 spiro atoms. The minimum Gasteiger partial charge on any atom is -0.494 e. The number of ether oxygens (including phenoxy) is 2. The summed E-state index contributed by atoms with van der Waals surface area (Å²) in [5, 5.41) is 2.88. The molecular weight excluding hydrogens is 314 g/mol. The quantitative estimate of drug-likeness (QED) is 0.696. The standard InChI is InChI=1S/C21H27NO3/c1-5-6-14-24-19-12-10-18(11-13-19)22-21(23)17(4)25-20-15(2)8-7-9-16(20)3/h7-13,17H,5-6,14H2,1-4H3,(H,22,23)/t17-/m0/s1. The van der Waals surface area contributed by atoms with Gasteiger partial charge in [0.05, 0.1) is 6.61 Å². The van der Waals surface area contributed by atoms with Crippen molar-refractivity contribution in [3.05, 3.63) is 53.6 Å². The van der Waals surface area contributed by atoms with Crippen molar-refractivity contribution in [3.8, 4) is 11.5 Å². The monoisotopic (exact) mass is 341 g/mol. The van der Waals surface area contributed by atoms with E-state index in [9.17, 15) is 4.79 Å². The number of hydrogen-bond acceptors (Lipinski definition) is 3. The molecule has 2 aromatic rings. The number of hydrogen-bond donors (Lipinski definition) is 1. The first-order valence-corrected chi connectivity index (χ1v) is 8.78. The molecule has 2 rings (SSSR count). The van der Waals surface area contributed by atoms with Crippen LogP contribution in [0.15, 0.2) is 42.5 Å². The van der Waals surface area contributed by atoms with Crippen molar-refractivity contribution in [2.24, 2.45) is 0 Å². The van der Waals surface area contributed by atoms with Gasteiger partial charge in [0, 0.05) is 5.69 Å². The number of anilines is 1. The Hall–Kier alpha value is -2.49. The van der Waals surface area contributed by atoms with Gasteiger partial charge in [-0.25, -0.2) is 0 Å². The average Bonchev–Trinajstić information content (AvgIpc) is 2.60. The second kappa shape index (κ2) is 9.11. The Morgan fingerprint density at radius 1 is 1.08 bits per heavy atom. The molecule has 0 aliphatic rings. The van der Waals surface area contributed by atoms with Crippen molar-refractivity contribution < 1.29 is 14.3 Å². The van der Waals surface area contributed by atoms with Gasteiger partial charge in [-0.1, -0.05) is 31.5 Å². The number of benzene rings is 2. The largest absolute Gasteiger partial charge is 0.494 e. The van der Waals surface area contributed by atoms with Crippen LogP contribution in [0.2, 0.25) is 0 Å². The number of rotatable bonds is 8. The Labute approximate surface area is 150 Å². The number of carbonyl (C=O) groups excluding carboxylic acids is 1. The molecule has 2 aromatic carbocycles. The van der Waals surface area contributed by atoms with E-state index in [2.05, 4.69) is 12.2 Å². The molecule has 1 atom stereocenters. The number of unbranched alkanes of at least 4 members (excludes halogenated alkanes) is 1. The lowest BCUT2D eigenvalue weighted by atomic mass is 10.1. The van der Waals surface area contributed by atoms with Crippen LogP contribution in [0.4, 0.5) is 5.69 Å². The van der Waals surface area contributed by atoms with Crippen LogP contribution in [-0.2, 0) is 4.79 Å². The van der Waals surface area contributed by atoms with Crippen molar-refractivity contribution in [3.63, 3.8) is 0 Å². The number of aryl methyl sites for hydroxylation is 2. The summed E-state index contributed by atoms with van der Waals surface area (Å²) in [7, 11) is 0. The van der Waals surface area contributed by atoms with Crippen molar-refractivity contribution in [2.75, 3.05) is 11.9 Å². The van der Waals surface area contributed by atoms with Crippen molar-refractivity contribution >= 4 is 11.6 Å². The number of nitrogens with one attached hydrogen (secondary N) is 1. The molecule has 0 aromatic heterocycles. The molecule has 0 saturated carbocycles. The fourth-order valence-electron chi connectivity index (χ4n) is 2.43. The van der Waals surface area contributed by atoms with Gasteiger partial charge in [0.2, 0.25) is 0 Å². The van der Waals surface area contributed by atoms with Gasteiger partial charge in [-0.05, 0) is 62.6 Å². The second-order valence-corrected chi connectivity index (χ2v) is 6.20. The SMILES string of the molecule is CCCCOc1ccc(NC(=O)[C@H](C)Oc2c(C)cccc2C)cc1. The number of para-hydroxylation sites is 1. The van der Waals surface area contributed by atoms with Crippen LogP contribution in [0.1, 0.15) is 37.8 Å². The lowest BCUT2D eigenvalue weighted by Crippen LogP contribution is -2.30. The van der Waals surface area contributed by atoms with Crippen molar-refractivity contribution in [1.82, 2.24) is 0 Å². The fourth-order valence-corrected chi connectivity index (χ4v) is 2.43. The highest BCUT2D eigenvalue weighted by atomic mass is 16.5. The predicted octanol–water partition coefficient (Wildman–Crippen LogP) is 4.89. The van der Waals surface area contributed by atoms with Crippen LogP contribution in [0.5, 0.6) is 11.5 Å². The van der Waals surface area contributed by atoms with Crippen LogP contribution >= 0.6 is 0 Å². The third-order valence-corrected chi connectivity index (χ3v) is 3.96. The van der Waals surface area contributed by atoms with Crippen LogP contribution in [0.3, 0.4) is 0 Å². The zero-order chi connectivity index (χ0) is 18.2. The van der Waals surface area contributed by atoms with Gasteiger partial charge in [-0.2, -0.15) is 0 Å². The molecule has 4 nitrogen and oxygen atoms in total. The summed E-state index contributed by atoms with van der Waals surface area (Å²) in [6, 6.07) is 13.3. The van der Waals surface area contributed by atoms with Crippen LogP contribution in [0, 0.1) is 13.8 Å². The van der Waals surface area contributed by atoms with Gasteiger partial charge in [-0.3, -0.25) is 4.79 Å².